The predicted octanol–water partition coefficient (Wildman–Crippen LogP) is 6.39. The fraction of sp³-hybridized carbons (Fsp3) is 0.368. The van der Waals surface area contributed by atoms with E-state index in [1.165, 1.54) is 12.1 Å². The molecule has 0 radical (unpaired) electrons. The van der Waals surface area contributed by atoms with Gasteiger partial charge in [0.25, 0.3) is 0 Å². The molecule has 2 aromatic rings. The van der Waals surface area contributed by atoms with Gasteiger partial charge in [-0.25, -0.2) is 8.78 Å². The highest BCUT2D eigenvalue weighted by Crippen LogP contribution is 2.33. The van der Waals surface area contributed by atoms with Crippen LogP contribution in [0.4, 0.5) is 17.6 Å². The number of hydrogen-bond donors (Lipinski definition) is 0. The molecule has 0 aliphatic heterocycles. The van der Waals surface area contributed by atoms with Crippen LogP contribution in [0.1, 0.15) is 50.2 Å². The lowest BCUT2D eigenvalue weighted by Gasteiger charge is -2.19. The van der Waals surface area contributed by atoms with E-state index in [1.807, 2.05) is 0 Å². The number of hydrogen-bond acceptors (Lipinski definition) is 1. The molecule has 2 aromatic carbocycles. The molecule has 1 nitrogen and oxygen atoms in total. The Kier molecular flexibility index (Phi) is 5.86. The smallest absolute Gasteiger partial charge is 0.426 e. The van der Waals surface area contributed by atoms with Gasteiger partial charge in [-0.05, 0) is 42.2 Å². The summed E-state index contributed by atoms with van der Waals surface area (Å²) < 4.78 is 58.8. The third kappa shape index (κ3) is 4.49. The van der Waals surface area contributed by atoms with Gasteiger partial charge in [0, 0.05) is 6.07 Å². The summed E-state index contributed by atoms with van der Waals surface area (Å²) in [5, 5.41) is 0. The number of unbranched alkanes of at least 4 members (excludes halogenated alkanes) is 1. The summed E-state index contributed by atoms with van der Waals surface area (Å²) in [7, 11) is 0. The molecule has 1 atom stereocenters. The van der Waals surface area contributed by atoms with Gasteiger partial charge in [-0.15, -0.1) is 0 Å². The number of halogens is 4. The van der Waals surface area contributed by atoms with Crippen molar-refractivity contribution in [1.29, 1.82) is 0 Å². The average molecular weight is 340 g/mol. The predicted molar refractivity (Wildman–Crippen MR) is 85.3 cm³/mol. The summed E-state index contributed by atoms with van der Waals surface area (Å²) in [6, 6.07) is 8.23. The van der Waals surface area contributed by atoms with E-state index in [4.69, 9.17) is 0 Å². The molecule has 0 saturated heterocycles. The molecule has 0 fully saturated rings. The number of benzene rings is 2. The Morgan fingerprint density at radius 2 is 1.67 bits per heavy atom. The molecule has 2 rings (SSSR count). The first-order chi connectivity index (χ1) is 11.3. The second-order valence-electron chi connectivity index (χ2n) is 5.86. The van der Waals surface area contributed by atoms with Gasteiger partial charge >= 0.3 is 6.11 Å². The van der Waals surface area contributed by atoms with Gasteiger partial charge in [-0.2, -0.15) is 8.78 Å². The lowest BCUT2D eigenvalue weighted by atomic mass is 9.95. The van der Waals surface area contributed by atoms with Gasteiger partial charge in [-0.3, -0.25) is 0 Å². The van der Waals surface area contributed by atoms with Crippen molar-refractivity contribution >= 4 is 0 Å². The number of rotatable bonds is 7. The van der Waals surface area contributed by atoms with Gasteiger partial charge in [0.05, 0.1) is 5.56 Å². The van der Waals surface area contributed by atoms with Crippen molar-refractivity contribution in [2.75, 3.05) is 0 Å². The van der Waals surface area contributed by atoms with Crippen molar-refractivity contribution in [3.8, 4) is 5.75 Å². The Morgan fingerprint density at radius 1 is 1.00 bits per heavy atom. The number of ether oxygens (including phenoxy) is 1. The van der Waals surface area contributed by atoms with Crippen LogP contribution >= 0.6 is 0 Å². The van der Waals surface area contributed by atoms with Crippen LogP contribution in [-0.4, -0.2) is 0 Å². The van der Waals surface area contributed by atoms with Crippen LogP contribution < -0.4 is 4.74 Å². The number of alkyl halides is 2. The molecular weight excluding hydrogens is 320 g/mol. The molecule has 130 valence electrons. The van der Waals surface area contributed by atoms with Crippen LogP contribution in [-0.2, 0) is 6.11 Å². The fourth-order valence-corrected chi connectivity index (χ4v) is 2.43. The summed E-state index contributed by atoms with van der Waals surface area (Å²) in [6.45, 7) is 4.16. The van der Waals surface area contributed by atoms with Gasteiger partial charge in [0.1, 0.15) is 5.75 Å². The molecule has 0 aliphatic rings. The molecule has 24 heavy (non-hydrogen) atoms. The van der Waals surface area contributed by atoms with Crippen molar-refractivity contribution in [3.63, 3.8) is 0 Å². The van der Waals surface area contributed by atoms with Gasteiger partial charge < -0.3 is 4.74 Å². The van der Waals surface area contributed by atoms with Crippen LogP contribution in [0.2, 0.25) is 0 Å². The molecular formula is C19H20F4O. The van der Waals surface area contributed by atoms with Crippen LogP contribution in [0.25, 0.3) is 0 Å². The maximum Gasteiger partial charge on any atom is 0.426 e. The van der Waals surface area contributed by atoms with E-state index in [-0.39, 0.29) is 5.56 Å². The zero-order valence-electron chi connectivity index (χ0n) is 13.7. The zero-order chi connectivity index (χ0) is 17.7. The van der Waals surface area contributed by atoms with Crippen molar-refractivity contribution in [2.45, 2.75) is 45.1 Å². The van der Waals surface area contributed by atoms with Crippen molar-refractivity contribution in [3.05, 3.63) is 65.2 Å². The molecule has 5 heteroatoms. The van der Waals surface area contributed by atoms with Crippen LogP contribution in [0, 0.1) is 11.6 Å². The average Bonchev–Trinajstić information content (AvgIpc) is 2.56. The van der Waals surface area contributed by atoms with Crippen molar-refractivity contribution in [1.82, 2.24) is 0 Å². The van der Waals surface area contributed by atoms with E-state index in [0.29, 0.717) is 12.0 Å². The highest BCUT2D eigenvalue weighted by molar-refractivity contribution is 5.29. The molecule has 0 bridgehead atoms. The molecule has 0 heterocycles. The van der Waals surface area contributed by atoms with Gasteiger partial charge in [-0.1, -0.05) is 38.8 Å². The first-order valence-corrected chi connectivity index (χ1v) is 7.95. The monoisotopic (exact) mass is 340 g/mol. The van der Waals surface area contributed by atoms with Crippen LogP contribution in [0.5, 0.6) is 5.75 Å². The normalized spacial score (nSPS) is 12.9. The summed E-state index contributed by atoms with van der Waals surface area (Å²) in [6.07, 6.45) is -0.464. The summed E-state index contributed by atoms with van der Waals surface area (Å²) >= 11 is 0. The minimum atomic E-state index is -3.63. The standard InChI is InChI=1S/C19H20F4O/c1-3-4-5-13(2)14-6-8-15(9-7-14)19(22,23)24-16-10-11-17(20)18(21)12-16/h6-13H,3-5H2,1-2H3. The van der Waals surface area contributed by atoms with E-state index in [2.05, 4.69) is 18.6 Å². The maximum atomic E-state index is 14.2. The second kappa shape index (κ2) is 7.69. The molecule has 0 aromatic heterocycles. The highest BCUT2D eigenvalue weighted by atomic mass is 19.3. The summed E-state index contributed by atoms with van der Waals surface area (Å²) in [5.41, 5.74) is 0.648. The minimum Gasteiger partial charge on any atom is -0.429 e. The quantitative estimate of drug-likeness (QED) is 0.531. The molecule has 0 aliphatic carbocycles. The Hall–Kier alpha value is -2.04. The molecule has 1 unspecified atom stereocenters. The zero-order valence-corrected chi connectivity index (χ0v) is 13.7. The molecule has 0 spiro atoms. The lowest BCUT2D eigenvalue weighted by molar-refractivity contribution is -0.185. The maximum absolute atomic E-state index is 14.2. The highest BCUT2D eigenvalue weighted by Gasteiger charge is 2.34. The Labute approximate surface area is 139 Å². The molecule has 0 N–H and O–H groups in total. The largest absolute Gasteiger partial charge is 0.429 e. The van der Waals surface area contributed by atoms with Gasteiger partial charge in [0.15, 0.2) is 11.6 Å². The molecule has 0 amide bonds. The van der Waals surface area contributed by atoms with E-state index in [1.54, 1.807) is 12.1 Å². The lowest BCUT2D eigenvalue weighted by Crippen LogP contribution is -2.22. The first kappa shape index (κ1) is 18.3. The van der Waals surface area contributed by atoms with E-state index >= 15 is 0 Å². The summed E-state index contributed by atoms with van der Waals surface area (Å²) in [5.74, 6) is -2.49. The first-order valence-electron chi connectivity index (χ1n) is 7.95. The van der Waals surface area contributed by atoms with Crippen LogP contribution in [0.3, 0.4) is 0 Å². The van der Waals surface area contributed by atoms with Crippen LogP contribution in [0.15, 0.2) is 42.5 Å². The molecule has 0 saturated carbocycles. The Balaban J connectivity index is 2.12. The second-order valence-corrected chi connectivity index (χ2v) is 5.86. The third-order valence-electron chi connectivity index (χ3n) is 3.94. The van der Waals surface area contributed by atoms with Crippen molar-refractivity contribution in [2.24, 2.45) is 0 Å². The Morgan fingerprint density at radius 3 is 2.25 bits per heavy atom. The van der Waals surface area contributed by atoms with E-state index in [0.717, 1.165) is 37.0 Å². The van der Waals surface area contributed by atoms with E-state index in [9.17, 15) is 17.6 Å². The van der Waals surface area contributed by atoms with Crippen molar-refractivity contribution < 1.29 is 22.3 Å². The SMILES string of the molecule is CCCCC(C)c1ccc(C(F)(F)Oc2ccc(F)c(F)c2)cc1. The fourth-order valence-electron chi connectivity index (χ4n) is 2.43. The topological polar surface area (TPSA) is 9.23 Å². The van der Waals surface area contributed by atoms with E-state index < -0.39 is 23.5 Å². The van der Waals surface area contributed by atoms with Gasteiger partial charge in [0.2, 0.25) is 0 Å². The third-order valence-corrected chi connectivity index (χ3v) is 3.94. The summed E-state index contributed by atoms with van der Waals surface area (Å²) in [4.78, 5) is 0. The minimum absolute atomic E-state index is 0.291. The Bertz CT molecular complexity index is 668.